The molecule has 0 atom stereocenters. The molecule has 20 heavy (non-hydrogen) atoms. The van der Waals surface area contributed by atoms with Crippen molar-refractivity contribution < 1.29 is 0 Å². The van der Waals surface area contributed by atoms with Crippen LogP contribution in [0.5, 0.6) is 0 Å². The van der Waals surface area contributed by atoms with Gasteiger partial charge in [-0.05, 0) is 31.2 Å². The molecule has 0 aliphatic rings. The molecule has 0 aliphatic heterocycles. The summed E-state index contributed by atoms with van der Waals surface area (Å²) in [5, 5.41) is 8.79. The molecule has 0 spiro atoms. The second-order valence-corrected chi connectivity index (χ2v) is 5.77. The molecule has 1 heterocycles. The largest absolute Gasteiger partial charge is 0.389 e. The molecule has 112 valence electrons. The fourth-order valence-electron chi connectivity index (χ4n) is 2.45. The summed E-state index contributed by atoms with van der Waals surface area (Å²) in [7, 11) is 0. The molecule has 0 saturated heterocycles. The molecule has 1 rings (SSSR count). The average molecular weight is 294 g/mol. The molecule has 4 nitrogen and oxygen atoms in total. The highest BCUT2D eigenvalue weighted by Gasteiger charge is 2.20. The van der Waals surface area contributed by atoms with Crippen molar-refractivity contribution in [1.82, 2.24) is 10.2 Å². The van der Waals surface area contributed by atoms with E-state index in [1.807, 2.05) is 0 Å². The maximum Gasteiger partial charge on any atom is 0.161 e. The predicted octanol–water partition coefficient (Wildman–Crippen LogP) is 2.72. The lowest BCUT2D eigenvalue weighted by Crippen LogP contribution is -2.32. The summed E-state index contributed by atoms with van der Waals surface area (Å²) in [5.74, 6) is 1.38. The monoisotopic (exact) mass is 294 g/mol. The summed E-state index contributed by atoms with van der Waals surface area (Å²) in [4.78, 5) is 2.63. The fourth-order valence-corrected chi connectivity index (χ4v) is 2.66. The van der Waals surface area contributed by atoms with Crippen LogP contribution in [0.1, 0.15) is 51.4 Å². The molecule has 1 aromatic heterocycles. The Hall–Kier alpha value is -1.23. The molecule has 2 N–H and O–H groups in total. The highest BCUT2D eigenvalue weighted by molar-refractivity contribution is 7.80. The van der Waals surface area contributed by atoms with E-state index in [0.717, 1.165) is 48.6 Å². The number of aryl methyl sites for hydroxylation is 1. The van der Waals surface area contributed by atoms with Crippen LogP contribution in [0.25, 0.3) is 0 Å². The Bertz CT molecular complexity index is 471. The van der Waals surface area contributed by atoms with E-state index < -0.39 is 0 Å². The van der Waals surface area contributed by atoms with Crippen molar-refractivity contribution in [3.05, 3.63) is 16.8 Å². The van der Waals surface area contributed by atoms with Crippen molar-refractivity contribution in [2.75, 3.05) is 18.0 Å². The third-order valence-corrected chi connectivity index (χ3v) is 3.54. The molecular weight excluding hydrogens is 268 g/mol. The van der Waals surface area contributed by atoms with Gasteiger partial charge < -0.3 is 10.6 Å². The molecule has 0 aliphatic carbocycles. The zero-order valence-electron chi connectivity index (χ0n) is 13.2. The molecule has 0 radical (unpaired) electrons. The number of hydrogen-bond acceptors (Lipinski definition) is 4. The number of nitrogens with two attached hydrogens (primary N) is 1. The van der Waals surface area contributed by atoms with Gasteiger partial charge in [0.05, 0.1) is 11.3 Å². The Balaban J connectivity index is 3.41. The van der Waals surface area contributed by atoms with Crippen LogP contribution >= 0.6 is 12.2 Å². The summed E-state index contributed by atoms with van der Waals surface area (Å²) in [6.07, 6.45) is 1.72. The first-order valence-electron chi connectivity index (χ1n) is 7.39. The molecule has 0 bridgehead atoms. The van der Waals surface area contributed by atoms with Crippen LogP contribution < -0.4 is 10.6 Å². The highest BCUT2D eigenvalue weighted by atomic mass is 32.1. The topological polar surface area (TPSA) is 55.0 Å². The van der Waals surface area contributed by atoms with Crippen LogP contribution in [0.2, 0.25) is 0 Å². The third-order valence-electron chi connectivity index (χ3n) is 3.34. The summed E-state index contributed by atoms with van der Waals surface area (Å²) in [6.45, 7) is 12.5. The lowest BCUT2D eigenvalue weighted by atomic mass is 10.0. The van der Waals surface area contributed by atoms with Gasteiger partial charge in [0, 0.05) is 13.1 Å². The lowest BCUT2D eigenvalue weighted by molar-refractivity contribution is 0.610. The van der Waals surface area contributed by atoms with Gasteiger partial charge in [0.15, 0.2) is 5.82 Å². The number of anilines is 1. The maximum absolute atomic E-state index is 5.97. The zero-order valence-corrected chi connectivity index (χ0v) is 14.0. The second-order valence-electron chi connectivity index (χ2n) is 5.33. The normalized spacial score (nSPS) is 10.9. The Kier molecular flexibility index (Phi) is 6.33. The summed E-state index contributed by atoms with van der Waals surface area (Å²) in [5.41, 5.74) is 9.03. The minimum Gasteiger partial charge on any atom is -0.389 e. The molecule has 0 fully saturated rings. The van der Waals surface area contributed by atoms with Gasteiger partial charge in [-0.3, -0.25) is 0 Å². The van der Waals surface area contributed by atoms with Crippen molar-refractivity contribution in [3.8, 4) is 0 Å². The lowest BCUT2D eigenvalue weighted by Gasteiger charge is -2.27. The van der Waals surface area contributed by atoms with E-state index in [4.69, 9.17) is 18.0 Å². The van der Waals surface area contributed by atoms with Crippen molar-refractivity contribution in [1.29, 1.82) is 0 Å². The minimum absolute atomic E-state index is 0.420. The number of hydrogen-bond donors (Lipinski definition) is 1. The number of rotatable bonds is 7. The van der Waals surface area contributed by atoms with Crippen LogP contribution in [-0.4, -0.2) is 28.3 Å². The van der Waals surface area contributed by atoms with E-state index >= 15 is 0 Å². The molecule has 1 aromatic rings. The first-order chi connectivity index (χ1) is 9.46. The van der Waals surface area contributed by atoms with Gasteiger partial charge in [-0.25, -0.2) is 0 Å². The second kappa shape index (κ2) is 7.53. The van der Waals surface area contributed by atoms with Gasteiger partial charge in [-0.2, -0.15) is 5.10 Å². The SMILES string of the molecule is CCc1nnc(N(CC)CC(C)C)c(C(N)=S)c1CC. The molecule has 0 amide bonds. The summed E-state index contributed by atoms with van der Waals surface area (Å²) in [6, 6.07) is 0. The van der Waals surface area contributed by atoms with Gasteiger partial charge in [-0.1, -0.05) is 39.9 Å². The van der Waals surface area contributed by atoms with Gasteiger partial charge in [0.1, 0.15) is 4.99 Å². The van der Waals surface area contributed by atoms with Crippen LogP contribution in [0.15, 0.2) is 0 Å². The van der Waals surface area contributed by atoms with E-state index in [0.29, 0.717) is 10.9 Å². The third kappa shape index (κ3) is 3.66. The quantitative estimate of drug-likeness (QED) is 0.784. The van der Waals surface area contributed by atoms with E-state index in [-0.39, 0.29) is 0 Å². The molecule has 5 heteroatoms. The summed E-state index contributed by atoms with van der Waals surface area (Å²) >= 11 is 5.27. The highest BCUT2D eigenvalue weighted by Crippen LogP contribution is 2.24. The van der Waals surface area contributed by atoms with Gasteiger partial charge >= 0.3 is 0 Å². The van der Waals surface area contributed by atoms with Gasteiger partial charge in [-0.15, -0.1) is 5.10 Å². The Labute approximate surface area is 127 Å². The van der Waals surface area contributed by atoms with Crippen molar-refractivity contribution in [2.45, 2.75) is 47.5 Å². The molecule has 0 aromatic carbocycles. The first kappa shape index (κ1) is 16.8. The van der Waals surface area contributed by atoms with Crippen molar-refractivity contribution in [2.24, 2.45) is 11.7 Å². The average Bonchev–Trinajstić information content (AvgIpc) is 2.42. The van der Waals surface area contributed by atoms with E-state index in [1.165, 1.54) is 0 Å². The van der Waals surface area contributed by atoms with Crippen LogP contribution in [0, 0.1) is 5.92 Å². The van der Waals surface area contributed by atoms with Gasteiger partial charge in [0.2, 0.25) is 0 Å². The van der Waals surface area contributed by atoms with Crippen LogP contribution in [0.4, 0.5) is 5.82 Å². The van der Waals surface area contributed by atoms with Crippen LogP contribution in [-0.2, 0) is 12.8 Å². The van der Waals surface area contributed by atoms with E-state index in [2.05, 4.69) is 49.7 Å². The summed E-state index contributed by atoms with van der Waals surface area (Å²) < 4.78 is 0. The Morgan fingerprint density at radius 1 is 1.20 bits per heavy atom. The minimum atomic E-state index is 0.420. The van der Waals surface area contributed by atoms with E-state index in [1.54, 1.807) is 0 Å². The molecule has 0 saturated carbocycles. The molecule has 0 unspecified atom stereocenters. The Morgan fingerprint density at radius 3 is 2.25 bits per heavy atom. The maximum atomic E-state index is 5.97. The number of aromatic nitrogens is 2. The van der Waals surface area contributed by atoms with Crippen molar-refractivity contribution >= 4 is 23.0 Å². The first-order valence-corrected chi connectivity index (χ1v) is 7.80. The van der Waals surface area contributed by atoms with E-state index in [9.17, 15) is 0 Å². The number of nitrogens with zero attached hydrogens (tertiary/aromatic N) is 3. The predicted molar refractivity (Wildman–Crippen MR) is 89.4 cm³/mol. The van der Waals surface area contributed by atoms with Crippen LogP contribution in [0.3, 0.4) is 0 Å². The zero-order chi connectivity index (χ0) is 15.3. The number of thiocarbonyl (C=S) groups is 1. The standard InChI is InChI=1S/C15H26N4S/c1-6-11-12(7-2)17-18-15(13(11)14(16)20)19(8-3)9-10(4)5/h10H,6-9H2,1-5H3,(H2,16,20). The Morgan fingerprint density at radius 2 is 1.85 bits per heavy atom. The van der Waals surface area contributed by atoms with Crippen molar-refractivity contribution in [3.63, 3.8) is 0 Å². The van der Waals surface area contributed by atoms with Gasteiger partial charge in [0.25, 0.3) is 0 Å². The molecular formula is C15H26N4S. The smallest absolute Gasteiger partial charge is 0.161 e. The fraction of sp³-hybridized carbons (Fsp3) is 0.667.